The Bertz CT molecular complexity index is 1280. The normalized spacial score (nSPS) is 13.1. The average molecular weight is 417 g/mol. The molecule has 5 rings (SSSR count). The largest absolute Gasteiger partial charge is 0.490 e. The molecule has 0 spiro atoms. The van der Waals surface area contributed by atoms with Gasteiger partial charge in [-0.2, -0.15) is 0 Å². The molecule has 1 N–H and O–H groups in total. The predicted molar refractivity (Wildman–Crippen MR) is 115 cm³/mol. The summed E-state index contributed by atoms with van der Waals surface area (Å²) in [6.45, 7) is 3.10. The number of ether oxygens (including phenoxy) is 2. The molecule has 2 aromatic heterocycles. The second-order valence-electron chi connectivity index (χ2n) is 7.41. The zero-order valence-corrected chi connectivity index (χ0v) is 16.9. The first kappa shape index (κ1) is 19.1. The predicted octanol–water partition coefficient (Wildman–Crippen LogP) is 4.86. The summed E-state index contributed by atoms with van der Waals surface area (Å²) in [7, 11) is 0. The molecule has 1 aliphatic heterocycles. The number of anilines is 1. The number of imidazole rings is 1. The maximum Gasteiger partial charge on any atom is 0.256 e. The van der Waals surface area contributed by atoms with Gasteiger partial charge in [-0.25, -0.2) is 9.37 Å². The number of carbonyl (C=O) groups excluding carboxylic acids is 1. The lowest BCUT2D eigenvalue weighted by atomic mass is 10.1. The van der Waals surface area contributed by atoms with Crippen LogP contribution in [0.25, 0.3) is 16.9 Å². The molecule has 31 heavy (non-hydrogen) atoms. The molecule has 0 saturated carbocycles. The Morgan fingerprint density at radius 3 is 2.61 bits per heavy atom. The van der Waals surface area contributed by atoms with Gasteiger partial charge in [0.25, 0.3) is 5.91 Å². The van der Waals surface area contributed by atoms with Crippen molar-refractivity contribution in [3.05, 3.63) is 77.7 Å². The Hall–Kier alpha value is -3.87. The topological polar surface area (TPSA) is 64.9 Å². The van der Waals surface area contributed by atoms with E-state index < -0.39 is 0 Å². The third kappa shape index (κ3) is 3.70. The van der Waals surface area contributed by atoms with Gasteiger partial charge in [-0.15, -0.1) is 0 Å². The van der Waals surface area contributed by atoms with Crippen molar-refractivity contribution >= 4 is 17.4 Å². The highest BCUT2D eigenvalue weighted by Gasteiger charge is 2.19. The van der Waals surface area contributed by atoms with E-state index in [0.717, 1.165) is 12.0 Å². The lowest BCUT2D eigenvalue weighted by molar-refractivity contribution is 0.102. The van der Waals surface area contributed by atoms with Crippen LogP contribution in [0, 0.1) is 12.7 Å². The fourth-order valence-electron chi connectivity index (χ4n) is 3.56. The van der Waals surface area contributed by atoms with Crippen molar-refractivity contribution in [3.8, 4) is 22.8 Å². The van der Waals surface area contributed by atoms with Gasteiger partial charge in [-0.05, 0) is 67.1 Å². The summed E-state index contributed by atoms with van der Waals surface area (Å²) in [5, 5.41) is 2.98. The molecule has 0 saturated heterocycles. The van der Waals surface area contributed by atoms with E-state index in [4.69, 9.17) is 9.47 Å². The molecule has 156 valence electrons. The number of fused-ring (bicyclic) bond motifs is 2. The molecule has 1 aliphatic rings. The number of nitrogens with zero attached hydrogens (tertiary/aromatic N) is 2. The van der Waals surface area contributed by atoms with E-state index in [1.807, 2.05) is 29.7 Å². The van der Waals surface area contributed by atoms with E-state index in [1.165, 1.54) is 12.1 Å². The number of nitrogens with one attached hydrogen (secondary N) is 1. The second-order valence-corrected chi connectivity index (χ2v) is 7.41. The number of hydrogen-bond donors (Lipinski definition) is 1. The van der Waals surface area contributed by atoms with Gasteiger partial charge in [-0.3, -0.25) is 9.20 Å². The number of rotatable bonds is 3. The van der Waals surface area contributed by atoms with Crippen LogP contribution in [0.3, 0.4) is 0 Å². The highest BCUT2D eigenvalue weighted by molar-refractivity contribution is 6.06. The van der Waals surface area contributed by atoms with Gasteiger partial charge in [0, 0.05) is 23.7 Å². The molecule has 6 nitrogen and oxygen atoms in total. The number of aryl methyl sites for hydroxylation is 1. The van der Waals surface area contributed by atoms with E-state index in [1.54, 1.807) is 30.3 Å². The molecule has 0 radical (unpaired) electrons. The Morgan fingerprint density at radius 2 is 1.81 bits per heavy atom. The van der Waals surface area contributed by atoms with Gasteiger partial charge in [0.2, 0.25) is 0 Å². The number of amides is 1. The molecule has 0 unspecified atom stereocenters. The van der Waals surface area contributed by atoms with Crippen molar-refractivity contribution in [2.24, 2.45) is 0 Å². The Kier molecular flexibility index (Phi) is 4.78. The van der Waals surface area contributed by atoms with Crippen molar-refractivity contribution in [2.75, 3.05) is 18.5 Å². The summed E-state index contributed by atoms with van der Waals surface area (Å²) in [6.07, 6.45) is 2.65. The SMILES string of the molecule is Cc1ccn2c(NC(=O)c3ccc4c(c3)OCCCO4)c(-c3ccc(F)cc3)nc2c1. The standard InChI is InChI=1S/C24H20FN3O3/c1-15-9-10-28-21(13-15)26-22(16-3-6-18(25)7-4-16)23(28)27-24(29)17-5-8-19-20(14-17)31-12-2-11-30-19/h3-10,13-14H,2,11-12H2,1H3,(H,27,29). The third-order valence-corrected chi connectivity index (χ3v) is 5.14. The van der Waals surface area contributed by atoms with Crippen LogP contribution in [0.15, 0.2) is 60.8 Å². The monoisotopic (exact) mass is 417 g/mol. The smallest absolute Gasteiger partial charge is 0.256 e. The van der Waals surface area contributed by atoms with Crippen LogP contribution in [-0.4, -0.2) is 28.5 Å². The van der Waals surface area contributed by atoms with Crippen LogP contribution in [0.2, 0.25) is 0 Å². The van der Waals surface area contributed by atoms with Gasteiger partial charge >= 0.3 is 0 Å². The molecule has 0 fully saturated rings. The number of hydrogen-bond acceptors (Lipinski definition) is 4. The molecule has 0 atom stereocenters. The van der Waals surface area contributed by atoms with Crippen molar-refractivity contribution in [3.63, 3.8) is 0 Å². The molecular formula is C24H20FN3O3. The Balaban J connectivity index is 1.55. The zero-order valence-electron chi connectivity index (χ0n) is 16.9. The summed E-state index contributed by atoms with van der Waals surface area (Å²) >= 11 is 0. The molecule has 2 aromatic carbocycles. The highest BCUT2D eigenvalue weighted by atomic mass is 19.1. The molecule has 0 bridgehead atoms. The second kappa shape index (κ2) is 7.75. The maximum atomic E-state index is 13.4. The summed E-state index contributed by atoms with van der Waals surface area (Å²) in [5.41, 5.74) is 3.44. The quantitative estimate of drug-likeness (QED) is 0.517. The van der Waals surface area contributed by atoms with Crippen LogP contribution < -0.4 is 14.8 Å². The Labute approximate surface area is 178 Å². The van der Waals surface area contributed by atoms with Crippen LogP contribution in [0.4, 0.5) is 10.2 Å². The first-order chi connectivity index (χ1) is 15.1. The Morgan fingerprint density at radius 1 is 1.03 bits per heavy atom. The zero-order chi connectivity index (χ0) is 21.4. The first-order valence-electron chi connectivity index (χ1n) is 10.0. The first-order valence-corrected chi connectivity index (χ1v) is 10.0. The van der Waals surface area contributed by atoms with Crippen molar-refractivity contribution in [1.29, 1.82) is 0 Å². The number of pyridine rings is 1. The van der Waals surface area contributed by atoms with Crippen LogP contribution in [0.1, 0.15) is 22.3 Å². The number of carbonyl (C=O) groups is 1. The summed E-state index contributed by atoms with van der Waals surface area (Å²) < 4.78 is 26.6. The van der Waals surface area contributed by atoms with Gasteiger partial charge in [0.15, 0.2) is 11.5 Å². The van der Waals surface area contributed by atoms with E-state index in [0.29, 0.717) is 53.0 Å². The van der Waals surface area contributed by atoms with E-state index in [2.05, 4.69) is 10.3 Å². The van der Waals surface area contributed by atoms with Crippen molar-refractivity contribution in [2.45, 2.75) is 13.3 Å². The van der Waals surface area contributed by atoms with E-state index in [9.17, 15) is 9.18 Å². The van der Waals surface area contributed by atoms with Gasteiger partial charge in [0.1, 0.15) is 23.0 Å². The van der Waals surface area contributed by atoms with Crippen molar-refractivity contribution in [1.82, 2.24) is 9.38 Å². The van der Waals surface area contributed by atoms with Gasteiger partial charge < -0.3 is 14.8 Å². The number of benzene rings is 2. The molecular weight excluding hydrogens is 397 g/mol. The minimum atomic E-state index is -0.332. The van der Waals surface area contributed by atoms with E-state index >= 15 is 0 Å². The molecule has 0 aliphatic carbocycles. The lowest BCUT2D eigenvalue weighted by Gasteiger charge is -2.11. The average Bonchev–Trinajstić information content (AvgIpc) is 2.95. The summed E-state index contributed by atoms with van der Waals surface area (Å²) in [4.78, 5) is 17.8. The molecule has 4 aromatic rings. The van der Waals surface area contributed by atoms with Crippen LogP contribution >= 0.6 is 0 Å². The minimum Gasteiger partial charge on any atom is -0.490 e. The van der Waals surface area contributed by atoms with Gasteiger partial charge in [0.05, 0.1) is 13.2 Å². The van der Waals surface area contributed by atoms with Crippen LogP contribution in [0.5, 0.6) is 11.5 Å². The van der Waals surface area contributed by atoms with Crippen LogP contribution in [-0.2, 0) is 0 Å². The lowest BCUT2D eigenvalue weighted by Crippen LogP contribution is -2.14. The maximum absolute atomic E-state index is 13.4. The van der Waals surface area contributed by atoms with Crippen molar-refractivity contribution < 1.29 is 18.7 Å². The van der Waals surface area contributed by atoms with Gasteiger partial charge in [-0.1, -0.05) is 0 Å². The highest BCUT2D eigenvalue weighted by Crippen LogP contribution is 2.32. The molecule has 7 heteroatoms. The summed E-state index contributed by atoms with van der Waals surface area (Å²) in [6, 6.07) is 15.0. The summed E-state index contributed by atoms with van der Waals surface area (Å²) in [5.74, 6) is 1.06. The minimum absolute atomic E-state index is 0.304. The number of aromatic nitrogens is 2. The third-order valence-electron chi connectivity index (χ3n) is 5.14. The van der Waals surface area contributed by atoms with E-state index in [-0.39, 0.29) is 11.7 Å². The molecule has 3 heterocycles. The molecule has 1 amide bonds. The number of halogens is 1. The fourth-order valence-corrected chi connectivity index (χ4v) is 3.56. The fraction of sp³-hybridized carbons (Fsp3) is 0.167.